The Labute approximate surface area is 68.9 Å². The van der Waals surface area contributed by atoms with Gasteiger partial charge in [0.15, 0.2) is 0 Å². The van der Waals surface area contributed by atoms with Crippen LogP contribution in [-0.4, -0.2) is 34.9 Å². The molecule has 1 rings (SSSR count). The monoisotopic (exact) mass is 174 g/mol. The molecule has 0 amide bonds. The van der Waals surface area contributed by atoms with Crippen LogP contribution in [0.25, 0.3) is 0 Å². The van der Waals surface area contributed by atoms with Gasteiger partial charge in [0.1, 0.15) is 11.8 Å². The van der Waals surface area contributed by atoms with E-state index in [9.17, 15) is 9.59 Å². The second kappa shape index (κ2) is 2.45. The van der Waals surface area contributed by atoms with E-state index in [4.69, 9.17) is 14.9 Å². The van der Waals surface area contributed by atoms with Gasteiger partial charge in [-0.2, -0.15) is 0 Å². The van der Waals surface area contributed by atoms with Gasteiger partial charge in [0.2, 0.25) is 0 Å². The number of carboxylic acids is 2. The van der Waals surface area contributed by atoms with Crippen LogP contribution in [0, 0.1) is 11.8 Å². The van der Waals surface area contributed by atoms with Crippen molar-refractivity contribution in [3.05, 3.63) is 0 Å². The Morgan fingerprint density at radius 1 is 1.25 bits per heavy atom. The van der Waals surface area contributed by atoms with Gasteiger partial charge in [-0.3, -0.25) is 9.59 Å². The van der Waals surface area contributed by atoms with Crippen LogP contribution >= 0.6 is 0 Å². The zero-order valence-electron chi connectivity index (χ0n) is 6.77. The van der Waals surface area contributed by atoms with E-state index in [1.165, 1.54) is 14.0 Å². The smallest absolute Gasteiger partial charge is 0.310 e. The molecular weight excluding hydrogens is 164 g/mol. The Kier molecular flexibility index (Phi) is 1.83. The summed E-state index contributed by atoms with van der Waals surface area (Å²) in [5.74, 6) is -4.07. The van der Waals surface area contributed by atoms with Crippen LogP contribution in [0.15, 0.2) is 0 Å². The van der Waals surface area contributed by atoms with Gasteiger partial charge in [0.25, 0.3) is 0 Å². The van der Waals surface area contributed by atoms with Crippen LogP contribution < -0.4 is 0 Å². The molecule has 0 aliphatic heterocycles. The first-order valence-electron chi connectivity index (χ1n) is 3.46. The molecule has 2 atom stereocenters. The lowest BCUT2D eigenvalue weighted by Gasteiger charge is -2.05. The minimum absolute atomic E-state index is 0.917. The summed E-state index contributed by atoms with van der Waals surface area (Å²) in [5.41, 5.74) is -1.03. The largest absolute Gasteiger partial charge is 0.481 e. The number of ether oxygens (including phenoxy) is 1. The summed E-state index contributed by atoms with van der Waals surface area (Å²) in [7, 11) is 1.32. The molecule has 2 N–H and O–H groups in total. The summed E-state index contributed by atoms with van der Waals surface area (Å²) in [6, 6.07) is 0. The molecule has 1 saturated carbocycles. The Balaban J connectivity index is 2.81. The summed E-state index contributed by atoms with van der Waals surface area (Å²) >= 11 is 0. The number of carboxylic acid groups (broad SMARTS) is 2. The highest BCUT2D eigenvalue weighted by atomic mass is 16.5. The van der Waals surface area contributed by atoms with Crippen molar-refractivity contribution in [3.63, 3.8) is 0 Å². The van der Waals surface area contributed by atoms with E-state index in [0.717, 1.165) is 0 Å². The zero-order chi connectivity index (χ0) is 9.52. The van der Waals surface area contributed by atoms with E-state index >= 15 is 0 Å². The minimum atomic E-state index is -1.12. The predicted molar refractivity (Wildman–Crippen MR) is 37.7 cm³/mol. The first kappa shape index (κ1) is 8.99. The van der Waals surface area contributed by atoms with E-state index in [1.807, 2.05) is 0 Å². The van der Waals surface area contributed by atoms with Gasteiger partial charge in [-0.15, -0.1) is 0 Å². The molecule has 0 aromatic carbocycles. The second-order valence-electron chi connectivity index (χ2n) is 3.02. The fourth-order valence-corrected chi connectivity index (χ4v) is 1.52. The molecule has 0 aromatic rings. The number of aliphatic carboxylic acids is 2. The van der Waals surface area contributed by atoms with Crippen molar-refractivity contribution in [2.24, 2.45) is 11.8 Å². The topological polar surface area (TPSA) is 83.8 Å². The average molecular weight is 174 g/mol. The molecular formula is C7H10O5. The van der Waals surface area contributed by atoms with Crippen molar-refractivity contribution in [2.75, 3.05) is 7.11 Å². The van der Waals surface area contributed by atoms with Crippen molar-refractivity contribution in [1.82, 2.24) is 0 Å². The highest BCUT2D eigenvalue weighted by Crippen LogP contribution is 2.53. The third kappa shape index (κ3) is 0.972. The van der Waals surface area contributed by atoms with Crippen LogP contribution in [0.5, 0.6) is 0 Å². The SMILES string of the molecule is COC1(C)C(C(=O)O)C1C(=O)O. The Morgan fingerprint density at radius 2 is 1.58 bits per heavy atom. The van der Waals surface area contributed by atoms with Crippen molar-refractivity contribution >= 4 is 11.9 Å². The predicted octanol–water partition coefficient (Wildman–Crippen LogP) is -0.193. The van der Waals surface area contributed by atoms with Crippen molar-refractivity contribution in [1.29, 1.82) is 0 Å². The van der Waals surface area contributed by atoms with Gasteiger partial charge in [0.05, 0.1) is 5.60 Å². The zero-order valence-corrected chi connectivity index (χ0v) is 6.77. The first-order valence-corrected chi connectivity index (χ1v) is 3.46. The quantitative estimate of drug-likeness (QED) is 0.619. The average Bonchev–Trinajstić information content (AvgIpc) is 2.58. The van der Waals surface area contributed by atoms with Gasteiger partial charge in [-0.1, -0.05) is 0 Å². The minimum Gasteiger partial charge on any atom is -0.481 e. The van der Waals surface area contributed by atoms with Crippen LogP contribution in [-0.2, 0) is 14.3 Å². The molecule has 2 unspecified atom stereocenters. The summed E-state index contributed by atoms with van der Waals surface area (Å²) in [6.07, 6.45) is 0. The van der Waals surface area contributed by atoms with Crippen LogP contribution in [0.3, 0.4) is 0 Å². The van der Waals surface area contributed by atoms with Gasteiger partial charge >= 0.3 is 11.9 Å². The molecule has 0 heterocycles. The maximum absolute atomic E-state index is 10.5. The molecule has 1 fully saturated rings. The second-order valence-corrected chi connectivity index (χ2v) is 3.02. The fourth-order valence-electron chi connectivity index (χ4n) is 1.52. The van der Waals surface area contributed by atoms with E-state index in [-0.39, 0.29) is 0 Å². The standard InChI is InChI=1S/C7H10O5/c1-7(12-2)3(5(8)9)4(7)6(10)11/h3-4H,1-2H3,(H,8,9)(H,10,11). The molecule has 68 valence electrons. The lowest BCUT2D eigenvalue weighted by molar-refractivity contribution is -0.144. The molecule has 0 radical (unpaired) electrons. The molecule has 0 spiro atoms. The van der Waals surface area contributed by atoms with Gasteiger partial charge in [-0.05, 0) is 6.92 Å². The summed E-state index contributed by atoms with van der Waals surface area (Å²) in [5, 5.41) is 17.2. The third-order valence-corrected chi connectivity index (χ3v) is 2.43. The van der Waals surface area contributed by atoms with Crippen molar-refractivity contribution in [2.45, 2.75) is 12.5 Å². The number of hydrogen-bond acceptors (Lipinski definition) is 3. The maximum Gasteiger partial charge on any atom is 0.310 e. The number of rotatable bonds is 3. The van der Waals surface area contributed by atoms with Crippen LogP contribution in [0.2, 0.25) is 0 Å². The third-order valence-electron chi connectivity index (χ3n) is 2.43. The normalized spacial score (nSPS) is 39.2. The lowest BCUT2D eigenvalue weighted by Crippen LogP contribution is -2.16. The van der Waals surface area contributed by atoms with E-state index in [0.29, 0.717) is 0 Å². The van der Waals surface area contributed by atoms with E-state index < -0.39 is 29.4 Å². The molecule has 0 aromatic heterocycles. The highest BCUT2D eigenvalue weighted by Gasteiger charge is 2.70. The lowest BCUT2D eigenvalue weighted by atomic mass is 10.3. The van der Waals surface area contributed by atoms with Gasteiger partial charge in [0, 0.05) is 7.11 Å². The molecule has 1 aliphatic rings. The van der Waals surface area contributed by atoms with Gasteiger partial charge in [-0.25, -0.2) is 0 Å². The fraction of sp³-hybridized carbons (Fsp3) is 0.714. The number of hydrogen-bond donors (Lipinski definition) is 2. The van der Waals surface area contributed by atoms with E-state index in [1.54, 1.807) is 0 Å². The van der Waals surface area contributed by atoms with Crippen molar-refractivity contribution < 1.29 is 24.5 Å². The molecule has 5 nitrogen and oxygen atoms in total. The van der Waals surface area contributed by atoms with E-state index in [2.05, 4.69) is 0 Å². The Bertz CT molecular complexity index is 214. The molecule has 12 heavy (non-hydrogen) atoms. The molecule has 0 saturated heterocycles. The summed E-state index contributed by atoms with van der Waals surface area (Å²) in [6.45, 7) is 1.49. The first-order chi connectivity index (χ1) is 5.45. The number of methoxy groups -OCH3 is 1. The van der Waals surface area contributed by atoms with Crippen LogP contribution in [0.4, 0.5) is 0 Å². The number of carbonyl (C=O) groups is 2. The maximum atomic E-state index is 10.5. The van der Waals surface area contributed by atoms with Crippen LogP contribution in [0.1, 0.15) is 6.92 Å². The molecule has 1 aliphatic carbocycles. The summed E-state index contributed by atoms with van der Waals surface area (Å²) < 4.78 is 4.83. The molecule has 5 heteroatoms. The van der Waals surface area contributed by atoms with Gasteiger partial charge < -0.3 is 14.9 Å². The summed E-state index contributed by atoms with van der Waals surface area (Å²) in [4.78, 5) is 21.0. The highest BCUT2D eigenvalue weighted by molar-refractivity contribution is 5.89. The molecule has 0 bridgehead atoms. The Morgan fingerprint density at radius 3 is 1.67 bits per heavy atom. The van der Waals surface area contributed by atoms with Crippen molar-refractivity contribution in [3.8, 4) is 0 Å². The Hall–Kier alpha value is -1.10.